The number of nitrogens with zero attached hydrogens (tertiary/aromatic N) is 1. The Morgan fingerprint density at radius 2 is 1.88 bits per heavy atom. The van der Waals surface area contributed by atoms with Crippen molar-refractivity contribution in [3.63, 3.8) is 0 Å². The molecular weight excluding hydrogens is 328 g/mol. The number of nitrogens with one attached hydrogen (secondary N) is 1. The van der Waals surface area contributed by atoms with Gasteiger partial charge in [-0.25, -0.2) is 8.42 Å². The van der Waals surface area contributed by atoms with Crippen LogP contribution in [0.5, 0.6) is 0 Å². The molecule has 24 heavy (non-hydrogen) atoms. The summed E-state index contributed by atoms with van der Waals surface area (Å²) in [5, 5.41) is 2.90. The van der Waals surface area contributed by atoms with Crippen molar-refractivity contribution < 1.29 is 17.9 Å². The highest BCUT2D eigenvalue weighted by atomic mass is 32.2. The van der Waals surface area contributed by atoms with Crippen molar-refractivity contribution in [2.24, 2.45) is 5.92 Å². The minimum atomic E-state index is -3.44. The first-order valence-corrected chi connectivity index (χ1v) is 10.1. The maximum atomic E-state index is 12.5. The van der Waals surface area contributed by atoms with Crippen LogP contribution in [-0.2, 0) is 14.6 Å². The summed E-state index contributed by atoms with van der Waals surface area (Å²) in [5.41, 5.74) is 0.199. The van der Waals surface area contributed by atoms with Crippen molar-refractivity contribution >= 4 is 15.7 Å². The van der Waals surface area contributed by atoms with Gasteiger partial charge in [0, 0.05) is 31.9 Å². The van der Waals surface area contributed by atoms with E-state index in [1.807, 2.05) is 0 Å². The van der Waals surface area contributed by atoms with Crippen molar-refractivity contribution in [1.29, 1.82) is 0 Å². The molecule has 0 bridgehead atoms. The van der Waals surface area contributed by atoms with Gasteiger partial charge >= 0.3 is 0 Å². The Kier molecular flexibility index (Phi) is 6.37. The average molecular weight is 354 g/mol. The lowest BCUT2D eigenvalue weighted by atomic mass is 10.0. The fourth-order valence-electron chi connectivity index (χ4n) is 2.97. The van der Waals surface area contributed by atoms with Gasteiger partial charge in [-0.2, -0.15) is 0 Å². The lowest BCUT2D eigenvalue weighted by Gasteiger charge is -2.37. The summed E-state index contributed by atoms with van der Waals surface area (Å²) in [6.07, 6.45) is 1.11. The van der Waals surface area contributed by atoms with Gasteiger partial charge in [0.05, 0.1) is 23.7 Å². The van der Waals surface area contributed by atoms with Crippen LogP contribution in [0, 0.1) is 5.92 Å². The third-order valence-corrected chi connectivity index (χ3v) is 5.44. The molecule has 0 aromatic heterocycles. The summed E-state index contributed by atoms with van der Waals surface area (Å²) in [4.78, 5) is 14.9. The van der Waals surface area contributed by atoms with E-state index in [1.165, 1.54) is 6.07 Å². The number of sulfone groups is 1. The maximum Gasteiger partial charge on any atom is 0.252 e. The molecule has 1 saturated heterocycles. The summed E-state index contributed by atoms with van der Waals surface area (Å²) in [6.45, 7) is 7.82. The zero-order chi connectivity index (χ0) is 17.7. The molecule has 0 radical (unpaired) electrons. The van der Waals surface area contributed by atoms with Crippen molar-refractivity contribution in [3.8, 4) is 0 Å². The molecule has 1 aromatic carbocycles. The second kappa shape index (κ2) is 8.09. The van der Waals surface area contributed by atoms with Crippen LogP contribution in [0.2, 0.25) is 0 Å². The summed E-state index contributed by atoms with van der Waals surface area (Å²) < 4.78 is 29.1. The molecule has 1 N–H and O–H groups in total. The number of amides is 1. The number of carbonyl (C=O) groups excluding carboxylic acids is 1. The van der Waals surface area contributed by atoms with E-state index in [-0.39, 0.29) is 22.4 Å². The first-order valence-electron chi connectivity index (χ1n) is 8.20. The molecule has 1 fully saturated rings. The third-order valence-electron chi connectivity index (χ3n) is 4.29. The maximum absolute atomic E-state index is 12.5. The van der Waals surface area contributed by atoms with E-state index in [0.717, 1.165) is 19.3 Å². The summed E-state index contributed by atoms with van der Waals surface area (Å²) >= 11 is 0. The Hall–Kier alpha value is -1.44. The molecule has 1 aliphatic heterocycles. The van der Waals surface area contributed by atoms with Crippen molar-refractivity contribution in [1.82, 2.24) is 10.2 Å². The molecule has 134 valence electrons. The molecule has 2 rings (SSSR count). The van der Waals surface area contributed by atoms with E-state index < -0.39 is 9.84 Å². The standard InChI is InChI=1S/C17H26N2O4S/c1-13(2)15(19-8-10-23-11-9-19)12-18-17(20)14-6-4-5-7-16(14)24(3,21)22/h4-7,13,15H,8-12H2,1-3H3,(H,18,20). The minimum absolute atomic E-state index is 0.0648. The molecule has 0 aliphatic carbocycles. The van der Waals surface area contributed by atoms with Crippen LogP contribution in [-0.4, -0.2) is 64.4 Å². The number of ether oxygens (including phenoxy) is 1. The van der Waals surface area contributed by atoms with Gasteiger partial charge in [-0.1, -0.05) is 26.0 Å². The smallest absolute Gasteiger partial charge is 0.252 e. The molecule has 1 unspecified atom stereocenters. The van der Waals surface area contributed by atoms with E-state index in [0.29, 0.717) is 25.7 Å². The molecule has 1 aliphatic rings. The van der Waals surface area contributed by atoms with E-state index >= 15 is 0 Å². The van der Waals surface area contributed by atoms with Gasteiger partial charge in [-0.15, -0.1) is 0 Å². The number of carbonyl (C=O) groups is 1. The normalized spacial score (nSPS) is 17.7. The Morgan fingerprint density at radius 3 is 2.46 bits per heavy atom. The van der Waals surface area contributed by atoms with Gasteiger partial charge in [0.1, 0.15) is 0 Å². The van der Waals surface area contributed by atoms with Gasteiger partial charge in [0.15, 0.2) is 9.84 Å². The lowest BCUT2D eigenvalue weighted by Crippen LogP contribution is -2.51. The molecule has 1 aromatic rings. The Bertz CT molecular complexity index is 667. The van der Waals surface area contributed by atoms with Gasteiger partial charge in [0.2, 0.25) is 0 Å². The summed E-state index contributed by atoms with van der Waals surface area (Å²) in [5.74, 6) is 0.0171. The molecule has 0 saturated carbocycles. The van der Waals surface area contributed by atoms with Crippen LogP contribution in [0.4, 0.5) is 0 Å². The zero-order valence-electron chi connectivity index (χ0n) is 14.5. The highest BCUT2D eigenvalue weighted by Gasteiger charge is 2.25. The highest BCUT2D eigenvalue weighted by molar-refractivity contribution is 7.90. The highest BCUT2D eigenvalue weighted by Crippen LogP contribution is 2.16. The predicted octanol–water partition coefficient (Wildman–Crippen LogP) is 1.18. The fourth-order valence-corrected chi connectivity index (χ4v) is 3.85. The molecule has 0 spiro atoms. The fraction of sp³-hybridized carbons (Fsp3) is 0.588. The van der Waals surface area contributed by atoms with Crippen LogP contribution in [0.15, 0.2) is 29.2 Å². The van der Waals surface area contributed by atoms with Crippen LogP contribution in [0.3, 0.4) is 0 Å². The number of hydrogen-bond donors (Lipinski definition) is 1. The monoisotopic (exact) mass is 354 g/mol. The predicted molar refractivity (Wildman–Crippen MR) is 92.9 cm³/mol. The Labute approximate surface area is 144 Å². The molecule has 1 atom stereocenters. The molecule has 1 heterocycles. The zero-order valence-corrected chi connectivity index (χ0v) is 15.3. The van der Waals surface area contributed by atoms with Gasteiger partial charge in [-0.3, -0.25) is 9.69 Å². The van der Waals surface area contributed by atoms with Crippen molar-refractivity contribution in [2.75, 3.05) is 39.1 Å². The van der Waals surface area contributed by atoms with Crippen molar-refractivity contribution in [2.45, 2.75) is 24.8 Å². The van der Waals surface area contributed by atoms with E-state index in [4.69, 9.17) is 4.74 Å². The van der Waals surface area contributed by atoms with Gasteiger partial charge in [0.25, 0.3) is 5.91 Å². The van der Waals surface area contributed by atoms with Crippen LogP contribution >= 0.6 is 0 Å². The summed E-state index contributed by atoms with van der Waals surface area (Å²) in [6, 6.07) is 6.50. The minimum Gasteiger partial charge on any atom is -0.379 e. The van der Waals surface area contributed by atoms with Crippen LogP contribution in [0.1, 0.15) is 24.2 Å². The number of morpholine rings is 1. The molecular formula is C17H26N2O4S. The molecule has 6 nitrogen and oxygen atoms in total. The third kappa shape index (κ3) is 4.78. The van der Waals surface area contributed by atoms with Crippen molar-refractivity contribution in [3.05, 3.63) is 29.8 Å². The topological polar surface area (TPSA) is 75.7 Å². The number of rotatable bonds is 6. The lowest BCUT2D eigenvalue weighted by molar-refractivity contribution is 0.00672. The first kappa shape index (κ1) is 18.9. The van der Waals surface area contributed by atoms with Gasteiger partial charge in [-0.05, 0) is 18.1 Å². The Morgan fingerprint density at radius 1 is 1.25 bits per heavy atom. The Balaban J connectivity index is 2.09. The SMILES string of the molecule is CC(C)C(CNC(=O)c1ccccc1S(C)(=O)=O)N1CCOCC1. The summed E-state index contributed by atoms with van der Waals surface area (Å²) in [7, 11) is -3.44. The van der Waals surface area contributed by atoms with E-state index in [9.17, 15) is 13.2 Å². The largest absolute Gasteiger partial charge is 0.379 e. The second-order valence-corrected chi connectivity index (χ2v) is 8.42. The van der Waals surface area contributed by atoms with E-state index in [1.54, 1.807) is 18.2 Å². The van der Waals surface area contributed by atoms with Gasteiger partial charge < -0.3 is 10.1 Å². The molecule has 1 amide bonds. The second-order valence-electron chi connectivity index (χ2n) is 6.44. The average Bonchev–Trinajstić information content (AvgIpc) is 2.54. The van der Waals surface area contributed by atoms with Crippen LogP contribution in [0.25, 0.3) is 0 Å². The number of benzene rings is 1. The first-order chi connectivity index (χ1) is 11.3. The van der Waals surface area contributed by atoms with E-state index in [2.05, 4.69) is 24.1 Å². The number of hydrogen-bond acceptors (Lipinski definition) is 5. The van der Waals surface area contributed by atoms with Crippen LogP contribution < -0.4 is 5.32 Å². The quantitative estimate of drug-likeness (QED) is 0.830. The molecule has 7 heteroatoms.